The highest BCUT2D eigenvalue weighted by molar-refractivity contribution is 9.10. The lowest BCUT2D eigenvalue weighted by Gasteiger charge is -2.01. The van der Waals surface area contributed by atoms with Gasteiger partial charge in [0.15, 0.2) is 5.78 Å². The van der Waals surface area contributed by atoms with Crippen LogP contribution in [0.2, 0.25) is 0 Å². The summed E-state index contributed by atoms with van der Waals surface area (Å²) < 4.78 is 0.769. The molecule has 0 aromatic carbocycles. The van der Waals surface area contributed by atoms with E-state index in [2.05, 4.69) is 20.9 Å². The van der Waals surface area contributed by atoms with Gasteiger partial charge in [0.1, 0.15) is 0 Å². The van der Waals surface area contributed by atoms with E-state index in [9.17, 15) is 4.79 Å². The van der Waals surface area contributed by atoms with E-state index in [0.717, 1.165) is 15.6 Å². The van der Waals surface area contributed by atoms with Gasteiger partial charge in [0.05, 0.1) is 0 Å². The summed E-state index contributed by atoms with van der Waals surface area (Å²) in [6.45, 7) is 3.42. The maximum atomic E-state index is 11.0. The van der Waals surface area contributed by atoms with Crippen LogP contribution >= 0.6 is 15.9 Å². The van der Waals surface area contributed by atoms with Crippen LogP contribution in [0.5, 0.6) is 0 Å². The third-order valence-corrected chi connectivity index (χ3v) is 2.04. The van der Waals surface area contributed by atoms with Crippen LogP contribution in [0.3, 0.4) is 0 Å². The fraction of sp³-hybridized carbons (Fsp3) is 0.250. The number of pyridine rings is 1. The van der Waals surface area contributed by atoms with Crippen molar-refractivity contribution in [2.24, 2.45) is 0 Å². The molecule has 1 aromatic heterocycles. The second-order valence-corrected chi connectivity index (χ2v) is 3.22. The second-order valence-electron chi connectivity index (χ2n) is 2.37. The first-order valence-corrected chi connectivity index (χ1v) is 4.03. The summed E-state index contributed by atoms with van der Waals surface area (Å²) in [6, 6.07) is 0. The van der Waals surface area contributed by atoms with E-state index in [-0.39, 0.29) is 5.78 Å². The van der Waals surface area contributed by atoms with E-state index in [1.54, 1.807) is 19.3 Å². The Bertz CT molecular complexity index is 276. The predicted molar refractivity (Wildman–Crippen MR) is 46.7 cm³/mol. The molecule has 0 amide bonds. The maximum Gasteiger partial charge on any atom is 0.161 e. The van der Waals surface area contributed by atoms with Crippen molar-refractivity contribution in [2.75, 3.05) is 0 Å². The fourth-order valence-corrected chi connectivity index (χ4v) is 1.69. The Morgan fingerprint density at radius 3 is 2.55 bits per heavy atom. The highest BCUT2D eigenvalue weighted by atomic mass is 79.9. The highest BCUT2D eigenvalue weighted by Gasteiger charge is 2.07. The summed E-state index contributed by atoms with van der Waals surface area (Å²) in [4.78, 5) is 15.0. The molecule has 0 atom stereocenters. The van der Waals surface area contributed by atoms with Gasteiger partial charge < -0.3 is 0 Å². The SMILES string of the molecule is CC(=O)c1c(C)cncc1Br. The Balaban J connectivity index is 3.32. The number of aryl methyl sites for hydroxylation is 1. The van der Waals surface area contributed by atoms with Crippen molar-refractivity contribution in [3.63, 3.8) is 0 Å². The first kappa shape index (κ1) is 8.40. The topological polar surface area (TPSA) is 30.0 Å². The number of Topliss-reactive ketones (excluding diaryl/α,β-unsaturated/α-hetero) is 1. The second kappa shape index (κ2) is 3.13. The number of carbonyl (C=O) groups excluding carboxylic acids is 1. The molecule has 0 radical (unpaired) electrons. The zero-order valence-electron chi connectivity index (χ0n) is 6.39. The van der Waals surface area contributed by atoms with Gasteiger partial charge in [0, 0.05) is 22.4 Å². The van der Waals surface area contributed by atoms with Crippen molar-refractivity contribution >= 4 is 21.7 Å². The van der Waals surface area contributed by atoms with Gasteiger partial charge in [-0.1, -0.05) is 0 Å². The van der Waals surface area contributed by atoms with Crippen LogP contribution < -0.4 is 0 Å². The van der Waals surface area contributed by atoms with E-state index in [1.165, 1.54) is 0 Å². The van der Waals surface area contributed by atoms with Crippen LogP contribution in [0.1, 0.15) is 22.8 Å². The van der Waals surface area contributed by atoms with Crippen molar-refractivity contribution in [3.05, 3.63) is 28.0 Å². The van der Waals surface area contributed by atoms with Gasteiger partial charge in [0.2, 0.25) is 0 Å². The average Bonchev–Trinajstić information content (AvgIpc) is 1.85. The Morgan fingerprint density at radius 1 is 1.55 bits per heavy atom. The van der Waals surface area contributed by atoms with E-state index in [4.69, 9.17) is 0 Å². The van der Waals surface area contributed by atoms with Crippen molar-refractivity contribution < 1.29 is 4.79 Å². The number of aromatic nitrogens is 1. The molecule has 0 aliphatic rings. The molecular weight excluding hydrogens is 206 g/mol. The molecule has 0 fully saturated rings. The number of hydrogen-bond acceptors (Lipinski definition) is 2. The number of carbonyl (C=O) groups is 1. The van der Waals surface area contributed by atoms with Crippen LogP contribution in [0, 0.1) is 6.92 Å². The van der Waals surface area contributed by atoms with Gasteiger partial charge in [-0.15, -0.1) is 0 Å². The predicted octanol–water partition coefficient (Wildman–Crippen LogP) is 2.36. The number of nitrogens with zero attached hydrogens (tertiary/aromatic N) is 1. The lowest BCUT2D eigenvalue weighted by Crippen LogP contribution is -1.97. The lowest BCUT2D eigenvalue weighted by atomic mass is 10.1. The van der Waals surface area contributed by atoms with Crippen LogP contribution in [0.25, 0.3) is 0 Å². The standard InChI is InChI=1S/C8H8BrNO/c1-5-3-10-4-7(9)8(5)6(2)11/h3-4H,1-2H3. The van der Waals surface area contributed by atoms with Crippen molar-refractivity contribution in [2.45, 2.75) is 13.8 Å². The third-order valence-electron chi connectivity index (χ3n) is 1.44. The van der Waals surface area contributed by atoms with E-state index in [1.807, 2.05) is 6.92 Å². The minimum atomic E-state index is 0.0665. The summed E-state index contributed by atoms with van der Waals surface area (Å²) in [6.07, 6.45) is 3.31. The Kier molecular flexibility index (Phi) is 2.39. The van der Waals surface area contributed by atoms with E-state index in [0.29, 0.717) is 0 Å². The molecule has 0 saturated heterocycles. The number of hydrogen-bond donors (Lipinski definition) is 0. The van der Waals surface area contributed by atoms with Crippen molar-refractivity contribution in [1.82, 2.24) is 4.98 Å². The summed E-state index contributed by atoms with van der Waals surface area (Å²) in [5, 5.41) is 0. The van der Waals surface area contributed by atoms with E-state index < -0.39 is 0 Å². The molecule has 3 heteroatoms. The van der Waals surface area contributed by atoms with Crippen LogP contribution in [-0.2, 0) is 0 Å². The highest BCUT2D eigenvalue weighted by Crippen LogP contribution is 2.18. The number of rotatable bonds is 1. The molecule has 0 bridgehead atoms. The summed E-state index contributed by atoms with van der Waals surface area (Å²) in [7, 11) is 0. The van der Waals surface area contributed by atoms with Gasteiger partial charge in [-0.2, -0.15) is 0 Å². The molecule has 58 valence electrons. The van der Waals surface area contributed by atoms with Crippen molar-refractivity contribution in [3.8, 4) is 0 Å². The van der Waals surface area contributed by atoms with Gasteiger partial charge in [-0.05, 0) is 35.3 Å². The summed E-state index contributed by atoms with van der Waals surface area (Å²) in [5.74, 6) is 0.0665. The molecule has 0 aliphatic heterocycles. The Morgan fingerprint density at radius 2 is 2.18 bits per heavy atom. The Labute approximate surface area is 73.8 Å². The molecule has 0 saturated carbocycles. The van der Waals surface area contributed by atoms with Gasteiger partial charge in [0.25, 0.3) is 0 Å². The zero-order chi connectivity index (χ0) is 8.43. The van der Waals surface area contributed by atoms with Gasteiger partial charge in [-0.25, -0.2) is 0 Å². The Hall–Kier alpha value is -0.700. The maximum absolute atomic E-state index is 11.0. The molecule has 1 aromatic rings. The van der Waals surface area contributed by atoms with Gasteiger partial charge >= 0.3 is 0 Å². The van der Waals surface area contributed by atoms with Gasteiger partial charge in [-0.3, -0.25) is 9.78 Å². The molecular formula is C8H8BrNO. The fourth-order valence-electron chi connectivity index (χ4n) is 0.978. The molecule has 0 aliphatic carbocycles. The molecule has 2 nitrogen and oxygen atoms in total. The average molecular weight is 214 g/mol. The molecule has 1 rings (SSSR count). The lowest BCUT2D eigenvalue weighted by molar-refractivity contribution is 0.101. The molecule has 0 spiro atoms. The summed E-state index contributed by atoms with van der Waals surface area (Å²) >= 11 is 3.26. The monoisotopic (exact) mass is 213 g/mol. The minimum absolute atomic E-state index is 0.0665. The van der Waals surface area contributed by atoms with Crippen LogP contribution in [0.15, 0.2) is 16.9 Å². The zero-order valence-corrected chi connectivity index (χ0v) is 7.97. The number of halogens is 1. The quantitative estimate of drug-likeness (QED) is 0.671. The normalized spacial score (nSPS) is 9.73. The first-order chi connectivity index (χ1) is 5.13. The number of ketones is 1. The van der Waals surface area contributed by atoms with Crippen LogP contribution in [-0.4, -0.2) is 10.8 Å². The largest absolute Gasteiger partial charge is 0.294 e. The van der Waals surface area contributed by atoms with Crippen LogP contribution in [0.4, 0.5) is 0 Å². The smallest absolute Gasteiger partial charge is 0.161 e. The first-order valence-electron chi connectivity index (χ1n) is 3.24. The molecule has 0 N–H and O–H groups in total. The molecule has 11 heavy (non-hydrogen) atoms. The third kappa shape index (κ3) is 1.66. The molecule has 1 heterocycles. The van der Waals surface area contributed by atoms with E-state index >= 15 is 0 Å². The van der Waals surface area contributed by atoms with Crippen molar-refractivity contribution in [1.29, 1.82) is 0 Å². The minimum Gasteiger partial charge on any atom is -0.294 e. The summed E-state index contributed by atoms with van der Waals surface area (Å²) in [5.41, 5.74) is 1.63. The molecule has 0 unspecified atom stereocenters.